The minimum Gasteiger partial charge on any atom is -0.336 e. The maximum Gasteiger partial charge on any atom is 0.254 e. The molecule has 2 aromatic heterocycles. The Labute approximate surface area is 146 Å². The van der Waals surface area contributed by atoms with Gasteiger partial charge in [-0.05, 0) is 26.1 Å². The fourth-order valence-corrected chi connectivity index (χ4v) is 3.36. The highest BCUT2D eigenvalue weighted by Gasteiger charge is 2.36. The third-order valence-electron chi connectivity index (χ3n) is 4.78. The summed E-state index contributed by atoms with van der Waals surface area (Å²) in [4.78, 5) is 26.2. The van der Waals surface area contributed by atoms with E-state index in [0.717, 1.165) is 37.6 Å². The Hall–Kier alpha value is -2.74. The number of nitrogens with one attached hydrogen (secondary N) is 1. The van der Waals surface area contributed by atoms with E-state index in [1.165, 1.54) is 6.33 Å². The molecule has 1 N–H and O–H groups in total. The van der Waals surface area contributed by atoms with Gasteiger partial charge < -0.3 is 15.1 Å². The predicted octanol–water partition coefficient (Wildman–Crippen LogP) is 0.736. The van der Waals surface area contributed by atoms with E-state index in [1.54, 1.807) is 10.9 Å². The van der Waals surface area contributed by atoms with Crippen LogP contribution in [0, 0.1) is 0 Å². The van der Waals surface area contributed by atoms with Crippen molar-refractivity contribution in [2.75, 3.05) is 38.5 Å². The molecule has 2 aliphatic heterocycles. The first kappa shape index (κ1) is 15.8. The molecule has 4 heterocycles. The van der Waals surface area contributed by atoms with Crippen LogP contribution in [0.15, 0.2) is 42.0 Å². The minimum absolute atomic E-state index is 0.0369. The van der Waals surface area contributed by atoms with Crippen LogP contribution in [0.1, 0.15) is 18.7 Å². The van der Waals surface area contributed by atoms with E-state index < -0.39 is 0 Å². The van der Waals surface area contributed by atoms with Gasteiger partial charge in [0.15, 0.2) is 0 Å². The highest BCUT2D eigenvalue weighted by atomic mass is 16.2. The lowest BCUT2D eigenvalue weighted by molar-refractivity contribution is -0.129. The van der Waals surface area contributed by atoms with Crippen molar-refractivity contribution in [3.05, 3.63) is 47.7 Å². The number of amides is 1. The number of rotatable bonds is 2. The second-order valence-electron chi connectivity index (χ2n) is 6.44. The Bertz CT molecular complexity index is 805. The summed E-state index contributed by atoms with van der Waals surface area (Å²) in [6, 6.07) is 5.35. The molecule has 0 aliphatic carbocycles. The number of nitrogens with zero attached hydrogens (tertiary/aromatic N) is 6. The van der Waals surface area contributed by atoms with Crippen molar-refractivity contribution in [2.24, 2.45) is 0 Å². The van der Waals surface area contributed by atoms with Crippen molar-refractivity contribution in [3.8, 4) is 0 Å². The third-order valence-corrected chi connectivity index (χ3v) is 4.78. The summed E-state index contributed by atoms with van der Waals surface area (Å²) < 4.78 is 1.73. The average Bonchev–Trinajstić information content (AvgIpc) is 3.09. The zero-order valence-electron chi connectivity index (χ0n) is 14.4. The lowest BCUT2D eigenvalue weighted by atomic mass is 9.98. The molecule has 0 saturated carbocycles. The van der Waals surface area contributed by atoms with Crippen LogP contribution >= 0.6 is 0 Å². The first-order valence-electron chi connectivity index (χ1n) is 8.41. The van der Waals surface area contributed by atoms with E-state index >= 15 is 0 Å². The van der Waals surface area contributed by atoms with Crippen molar-refractivity contribution in [3.63, 3.8) is 0 Å². The molecule has 0 aromatic carbocycles. The Morgan fingerprint density at radius 1 is 1.20 bits per heavy atom. The van der Waals surface area contributed by atoms with Gasteiger partial charge in [-0.15, -0.1) is 0 Å². The van der Waals surface area contributed by atoms with E-state index in [0.29, 0.717) is 11.5 Å². The molecule has 2 aromatic rings. The van der Waals surface area contributed by atoms with Crippen LogP contribution in [0.25, 0.3) is 0 Å². The molecule has 4 rings (SSSR count). The van der Waals surface area contributed by atoms with Gasteiger partial charge in [-0.25, -0.2) is 4.68 Å². The maximum atomic E-state index is 13.3. The first-order valence-corrected chi connectivity index (χ1v) is 8.41. The lowest BCUT2D eigenvalue weighted by Gasteiger charge is -2.36. The fraction of sp³-hybridized carbons (Fsp3) is 0.412. The predicted molar refractivity (Wildman–Crippen MR) is 92.8 cm³/mol. The van der Waals surface area contributed by atoms with Crippen molar-refractivity contribution in [1.82, 2.24) is 29.5 Å². The van der Waals surface area contributed by atoms with Crippen LogP contribution in [-0.2, 0) is 4.79 Å². The van der Waals surface area contributed by atoms with Gasteiger partial charge in [0.05, 0.1) is 11.3 Å². The van der Waals surface area contributed by atoms with E-state index in [-0.39, 0.29) is 11.9 Å². The number of hydrogen-bond acceptors (Lipinski definition) is 6. The summed E-state index contributed by atoms with van der Waals surface area (Å²) in [7, 11) is 2.08. The standard InChI is InChI=1S/C17H21N7O/c1-12-14(16(25)23-9-7-22(2)8-10-23)15(13-5-3-4-6-18-13)24-17(21-12)19-11-20-24/h3-6,11,15H,7-10H2,1-2H3,(H,19,20,21)/t15-/m0/s1. The van der Waals surface area contributed by atoms with Gasteiger partial charge in [-0.2, -0.15) is 10.1 Å². The van der Waals surface area contributed by atoms with Gasteiger partial charge in [0, 0.05) is 38.1 Å². The number of pyridine rings is 1. The molecule has 25 heavy (non-hydrogen) atoms. The molecule has 0 radical (unpaired) electrons. The zero-order valence-corrected chi connectivity index (χ0v) is 14.4. The summed E-state index contributed by atoms with van der Waals surface area (Å²) in [5, 5.41) is 7.53. The number of anilines is 1. The summed E-state index contributed by atoms with van der Waals surface area (Å²) in [5.74, 6) is 0.665. The second-order valence-corrected chi connectivity index (χ2v) is 6.44. The Morgan fingerprint density at radius 3 is 2.72 bits per heavy atom. The Kier molecular flexibility index (Phi) is 3.96. The van der Waals surface area contributed by atoms with Gasteiger partial charge in [-0.3, -0.25) is 9.78 Å². The van der Waals surface area contributed by atoms with Crippen LogP contribution in [-0.4, -0.2) is 68.7 Å². The van der Waals surface area contributed by atoms with Gasteiger partial charge in [0.25, 0.3) is 5.91 Å². The molecule has 1 fully saturated rings. The minimum atomic E-state index is -0.368. The molecule has 1 saturated heterocycles. The monoisotopic (exact) mass is 339 g/mol. The number of aromatic nitrogens is 4. The van der Waals surface area contributed by atoms with Gasteiger partial charge in [0.2, 0.25) is 5.95 Å². The SMILES string of the molecule is CC1=C(C(=O)N2CCN(C)CC2)[C@H](c2ccccn2)n2ncnc2N1. The smallest absolute Gasteiger partial charge is 0.254 e. The zero-order chi connectivity index (χ0) is 17.4. The molecular weight excluding hydrogens is 318 g/mol. The van der Waals surface area contributed by atoms with Crippen LogP contribution in [0.3, 0.4) is 0 Å². The normalized spacial score (nSPS) is 21.0. The number of allylic oxidation sites excluding steroid dienone is 1. The average molecular weight is 339 g/mol. The van der Waals surface area contributed by atoms with Gasteiger partial charge in [0.1, 0.15) is 12.4 Å². The lowest BCUT2D eigenvalue weighted by Crippen LogP contribution is -2.49. The second kappa shape index (κ2) is 6.29. The number of carbonyl (C=O) groups is 1. The van der Waals surface area contributed by atoms with Crippen LogP contribution in [0.2, 0.25) is 0 Å². The number of piperazine rings is 1. The molecular formula is C17H21N7O. The van der Waals surface area contributed by atoms with E-state index in [4.69, 9.17) is 0 Å². The van der Waals surface area contributed by atoms with Crippen molar-refractivity contribution in [2.45, 2.75) is 13.0 Å². The molecule has 0 bridgehead atoms. The molecule has 8 nitrogen and oxygen atoms in total. The largest absolute Gasteiger partial charge is 0.336 e. The molecule has 1 atom stereocenters. The summed E-state index contributed by atoms with van der Waals surface area (Å²) in [6.07, 6.45) is 3.23. The van der Waals surface area contributed by atoms with Crippen molar-refractivity contribution < 1.29 is 4.79 Å². The molecule has 2 aliphatic rings. The van der Waals surface area contributed by atoms with Crippen molar-refractivity contribution in [1.29, 1.82) is 0 Å². The van der Waals surface area contributed by atoms with E-state index in [1.807, 2.05) is 30.0 Å². The van der Waals surface area contributed by atoms with Gasteiger partial charge in [-0.1, -0.05) is 6.07 Å². The maximum absolute atomic E-state index is 13.3. The molecule has 1 amide bonds. The first-order chi connectivity index (χ1) is 12.1. The molecule has 0 unspecified atom stereocenters. The number of likely N-dealkylation sites (N-methyl/N-ethyl adjacent to an activating group) is 1. The topological polar surface area (TPSA) is 79.2 Å². The van der Waals surface area contributed by atoms with E-state index in [9.17, 15) is 4.79 Å². The molecule has 130 valence electrons. The van der Waals surface area contributed by atoms with Crippen LogP contribution in [0.5, 0.6) is 0 Å². The Balaban J connectivity index is 1.74. The number of carbonyl (C=O) groups excluding carboxylic acids is 1. The van der Waals surface area contributed by atoms with Crippen molar-refractivity contribution >= 4 is 11.9 Å². The Morgan fingerprint density at radius 2 is 2.00 bits per heavy atom. The summed E-state index contributed by atoms with van der Waals surface area (Å²) >= 11 is 0. The highest BCUT2D eigenvalue weighted by Crippen LogP contribution is 2.34. The van der Waals surface area contributed by atoms with Gasteiger partial charge >= 0.3 is 0 Å². The third kappa shape index (κ3) is 2.78. The highest BCUT2D eigenvalue weighted by molar-refractivity contribution is 5.96. The molecule has 8 heteroatoms. The quantitative estimate of drug-likeness (QED) is 0.869. The van der Waals surface area contributed by atoms with Crippen LogP contribution < -0.4 is 5.32 Å². The fourth-order valence-electron chi connectivity index (χ4n) is 3.36. The summed E-state index contributed by atoms with van der Waals surface area (Å²) in [5.41, 5.74) is 2.27. The van der Waals surface area contributed by atoms with E-state index in [2.05, 4.69) is 32.3 Å². The number of hydrogen-bond donors (Lipinski definition) is 1. The number of fused-ring (bicyclic) bond motifs is 1. The van der Waals surface area contributed by atoms with Crippen LogP contribution in [0.4, 0.5) is 5.95 Å². The summed E-state index contributed by atoms with van der Waals surface area (Å²) in [6.45, 7) is 5.14. The molecule has 0 spiro atoms.